The van der Waals surface area contributed by atoms with E-state index in [9.17, 15) is 9.59 Å². The van der Waals surface area contributed by atoms with Crippen LogP contribution in [-0.4, -0.2) is 28.6 Å². The van der Waals surface area contributed by atoms with Gasteiger partial charge < -0.3 is 9.84 Å². The lowest BCUT2D eigenvalue weighted by atomic mass is 10.0. The fourth-order valence-electron chi connectivity index (χ4n) is 1.73. The summed E-state index contributed by atoms with van der Waals surface area (Å²) in [6.45, 7) is 2.07. The monoisotopic (exact) mass is 271 g/mol. The van der Waals surface area contributed by atoms with Gasteiger partial charge in [-0.25, -0.2) is 9.59 Å². The lowest BCUT2D eigenvalue weighted by Crippen LogP contribution is -2.04. The molecule has 0 aliphatic rings. The Morgan fingerprint density at radius 1 is 1.10 bits per heavy atom. The minimum Gasteiger partial charge on any atom is -0.478 e. The number of pyridine rings is 1. The molecule has 1 heterocycles. The van der Waals surface area contributed by atoms with Crippen LogP contribution in [0.2, 0.25) is 0 Å². The predicted molar refractivity (Wildman–Crippen MR) is 72.6 cm³/mol. The van der Waals surface area contributed by atoms with Crippen molar-refractivity contribution in [1.29, 1.82) is 0 Å². The van der Waals surface area contributed by atoms with E-state index in [2.05, 4.69) is 4.98 Å². The molecule has 0 saturated carbocycles. The first-order chi connectivity index (χ1) is 9.61. The molecule has 0 aliphatic heterocycles. The first-order valence-corrected chi connectivity index (χ1v) is 6.07. The number of ether oxygens (including phenoxy) is 1. The van der Waals surface area contributed by atoms with E-state index in [0.29, 0.717) is 17.7 Å². The summed E-state index contributed by atoms with van der Waals surface area (Å²) in [6, 6.07) is 8.28. The maximum Gasteiger partial charge on any atom is 0.338 e. The van der Waals surface area contributed by atoms with Gasteiger partial charge in [0.2, 0.25) is 0 Å². The van der Waals surface area contributed by atoms with Crippen molar-refractivity contribution in [2.45, 2.75) is 6.92 Å². The van der Waals surface area contributed by atoms with Crippen LogP contribution in [0, 0.1) is 0 Å². The number of benzene rings is 1. The molecule has 0 aliphatic carbocycles. The van der Waals surface area contributed by atoms with Crippen molar-refractivity contribution < 1.29 is 19.4 Å². The van der Waals surface area contributed by atoms with Gasteiger partial charge in [-0.3, -0.25) is 4.98 Å². The molecule has 2 aromatic rings. The predicted octanol–water partition coefficient (Wildman–Crippen LogP) is 2.62. The third-order valence-corrected chi connectivity index (χ3v) is 2.71. The molecule has 5 nitrogen and oxygen atoms in total. The van der Waals surface area contributed by atoms with Crippen molar-refractivity contribution in [2.75, 3.05) is 6.61 Å². The Kier molecular flexibility index (Phi) is 4.10. The highest BCUT2D eigenvalue weighted by molar-refractivity contribution is 5.91. The summed E-state index contributed by atoms with van der Waals surface area (Å²) in [4.78, 5) is 26.3. The van der Waals surface area contributed by atoms with Gasteiger partial charge in [0.1, 0.15) is 0 Å². The standard InChI is InChI=1S/C15H13NO4/c1-2-20-15(19)11-5-3-10(4-6-11)12-7-13(14(17)18)9-16-8-12/h3-9H,2H2,1H3,(H,17,18). The van der Waals surface area contributed by atoms with Crippen molar-refractivity contribution in [2.24, 2.45) is 0 Å². The number of aromatic carboxylic acids is 1. The summed E-state index contributed by atoms with van der Waals surface area (Å²) >= 11 is 0. The van der Waals surface area contributed by atoms with Gasteiger partial charge in [-0.05, 0) is 30.7 Å². The molecule has 0 spiro atoms. The second-order valence-electron chi connectivity index (χ2n) is 4.07. The van der Waals surface area contributed by atoms with Crippen molar-refractivity contribution in [1.82, 2.24) is 4.98 Å². The summed E-state index contributed by atoms with van der Waals surface area (Å²) in [6.07, 6.45) is 2.87. The van der Waals surface area contributed by atoms with Crippen LogP contribution in [0.5, 0.6) is 0 Å². The topological polar surface area (TPSA) is 76.5 Å². The number of hydrogen-bond donors (Lipinski definition) is 1. The molecule has 0 atom stereocenters. The van der Waals surface area contributed by atoms with Crippen molar-refractivity contribution in [3.8, 4) is 11.1 Å². The van der Waals surface area contributed by atoms with Crippen molar-refractivity contribution in [3.63, 3.8) is 0 Å². The maximum atomic E-state index is 11.5. The van der Waals surface area contributed by atoms with Crippen LogP contribution in [0.15, 0.2) is 42.7 Å². The SMILES string of the molecule is CCOC(=O)c1ccc(-c2cncc(C(=O)O)c2)cc1. The molecule has 5 heteroatoms. The van der Waals surface area contributed by atoms with E-state index < -0.39 is 5.97 Å². The van der Waals surface area contributed by atoms with Gasteiger partial charge in [0.25, 0.3) is 0 Å². The molecule has 1 aromatic heterocycles. The number of carboxylic acid groups (broad SMARTS) is 1. The summed E-state index contributed by atoms with van der Waals surface area (Å²) in [5.74, 6) is -1.40. The molecule has 0 unspecified atom stereocenters. The van der Waals surface area contributed by atoms with E-state index in [1.54, 1.807) is 37.4 Å². The highest BCUT2D eigenvalue weighted by Crippen LogP contribution is 2.20. The van der Waals surface area contributed by atoms with Gasteiger partial charge >= 0.3 is 11.9 Å². The van der Waals surface area contributed by atoms with E-state index in [1.165, 1.54) is 12.3 Å². The third-order valence-electron chi connectivity index (χ3n) is 2.71. The van der Waals surface area contributed by atoms with Gasteiger partial charge in [-0.2, -0.15) is 0 Å². The average Bonchev–Trinajstić information content (AvgIpc) is 2.48. The maximum absolute atomic E-state index is 11.5. The van der Waals surface area contributed by atoms with Crippen LogP contribution in [0.3, 0.4) is 0 Å². The molecule has 1 aromatic carbocycles. The lowest BCUT2D eigenvalue weighted by Gasteiger charge is -2.05. The Balaban J connectivity index is 2.28. The largest absolute Gasteiger partial charge is 0.478 e. The Labute approximate surface area is 115 Å². The Bertz CT molecular complexity index is 635. The van der Waals surface area contributed by atoms with E-state index in [1.807, 2.05) is 0 Å². The van der Waals surface area contributed by atoms with Crippen molar-refractivity contribution >= 4 is 11.9 Å². The Morgan fingerprint density at radius 2 is 1.80 bits per heavy atom. The van der Waals surface area contributed by atoms with Crippen LogP contribution in [-0.2, 0) is 4.74 Å². The minimum absolute atomic E-state index is 0.122. The van der Waals surface area contributed by atoms with Crippen LogP contribution < -0.4 is 0 Å². The molecular formula is C15H13NO4. The van der Waals surface area contributed by atoms with Crippen molar-refractivity contribution in [3.05, 3.63) is 53.9 Å². The van der Waals surface area contributed by atoms with Gasteiger partial charge in [0.05, 0.1) is 17.7 Å². The number of rotatable bonds is 4. The lowest BCUT2D eigenvalue weighted by molar-refractivity contribution is 0.0526. The number of carbonyl (C=O) groups is 2. The molecule has 0 saturated heterocycles. The molecule has 0 bridgehead atoms. The Morgan fingerprint density at radius 3 is 2.40 bits per heavy atom. The average molecular weight is 271 g/mol. The van der Waals surface area contributed by atoms with Gasteiger partial charge in [-0.1, -0.05) is 12.1 Å². The Hall–Kier alpha value is -2.69. The molecule has 0 radical (unpaired) electrons. The summed E-state index contributed by atoms with van der Waals surface area (Å²) < 4.78 is 4.90. The zero-order valence-corrected chi connectivity index (χ0v) is 10.9. The summed E-state index contributed by atoms with van der Waals surface area (Å²) in [5.41, 5.74) is 2.05. The van der Waals surface area contributed by atoms with E-state index in [4.69, 9.17) is 9.84 Å². The summed E-state index contributed by atoms with van der Waals surface area (Å²) in [5, 5.41) is 8.93. The van der Waals surface area contributed by atoms with Crippen LogP contribution in [0.1, 0.15) is 27.6 Å². The molecule has 0 fully saturated rings. The quantitative estimate of drug-likeness (QED) is 0.865. The van der Waals surface area contributed by atoms with E-state index in [-0.39, 0.29) is 11.5 Å². The van der Waals surface area contributed by atoms with Crippen LogP contribution >= 0.6 is 0 Å². The normalized spacial score (nSPS) is 10.1. The number of esters is 1. The number of carboxylic acids is 1. The second-order valence-corrected chi connectivity index (χ2v) is 4.07. The smallest absolute Gasteiger partial charge is 0.338 e. The first-order valence-electron chi connectivity index (χ1n) is 6.07. The number of carbonyl (C=O) groups excluding carboxylic acids is 1. The van der Waals surface area contributed by atoms with Crippen LogP contribution in [0.25, 0.3) is 11.1 Å². The van der Waals surface area contributed by atoms with E-state index >= 15 is 0 Å². The molecular weight excluding hydrogens is 258 g/mol. The van der Waals surface area contributed by atoms with E-state index in [0.717, 1.165) is 5.56 Å². The molecule has 20 heavy (non-hydrogen) atoms. The molecule has 1 N–H and O–H groups in total. The fraction of sp³-hybridized carbons (Fsp3) is 0.133. The molecule has 102 valence electrons. The number of nitrogens with zero attached hydrogens (tertiary/aromatic N) is 1. The highest BCUT2D eigenvalue weighted by Gasteiger charge is 2.08. The first kappa shape index (κ1) is 13.7. The third kappa shape index (κ3) is 3.00. The number of aromatic nitrogens is 1. The zero-order chi connectivity index (χ0) is 14.5. The van der Waals surface area contributed by atoms with Crippen LogP contribution in [0.4, 0.5) is 0 Å². The summed E-state index contributed by atoms with van der Waals surface area (Å²) in [7, 11) is 0. The minimum atomic E-state index is -1.03. The fourth-order valence-corrected chi connectivity index (χ4v) is 1.73. The number of hydrogen-bond acceptors (Lipinski definition) is 4. The molecule has 0 amide bonds. The molecule has 2 rings (SSSR count). The van der Waals surface area contributed by atoms with Gasteiger partial charge in [0, 0.05) is 18.0 Å². The highest BCUT2D eigenvalue weighted by atomic mass is 16.5. The van der Waals surface area contributed by atoms with Gasteiger partial charge in [0.15, 0.2) is 0 Å². The van der Waals surface area contributed by atoms with Gasteiger partial charge in [-0.15, -0.1) is 0 Å². The zero-order valence-electron chi connectivity index (χ0n) is 10.9. The second kappa shape index (κ2) is 5.97.